The summed E-state index contributed by atoms with van der Waals surface area (Å²) in [6, 6.07) is 3.93. The van der Waals surface area contributed by atoms with E-state index in [1.54, 1.807) is 11.8 Å². The number of halogens is 1. The first kappa shape index (κ1) is 16.0. The average molecular weight is 333 g/mol. The molecule has 1 aromatic rings. The molecule has 1 heterocycles. The van der Waals surface area contributed by atoms with Gasteiger partial charge in [-0.3, -0.25) is 0 Å². The first-order chi connectivity index (χ1) is 8.67. The van der Waals surface area contributed by atoms with Crippen LogP contribution < -0.4 is 5.32 Å². The number of hydrogen-bond donors (Lipinski definition) is 2. The smallest absolute Gasteiger partial charge is 0.110 e. The fourth-order valence-corrected chi connectivity index (χ4v) is 3.23. The van der Waals surface area contributed by atoms with Crippen molar-refractivity contribution in [2.75, 3.05) is 19.4 Å². The number of aliphatic hydroxyl groups excluding tert-OH is 1. The highest BCUT2D eigenvalue weighted by Gasteiger charge is 2.24. The minimum absolute atomic E-state index is 0.123. The molecule has 0 spiro atoms. The van der Waals surface area contributed by atoms with E-state index in [2.05, 4.69) is 33.2 Å². The average Bonchev–Trinajstić information content (AvgIpc) is 2.42. The fourth-order valence-electron chi connectivity index (χ4n) is 1.81. The molecule has 3 nitrogen and oxygen atoms in total. The third-order valence-corrected chi connectivity index (χ3v) is 5.27. The fraction of sp³-hybridized carbons (Fsp3) is 0.615. The van der Waals surface area contributed by atoms with Crippen LogP contribution in [0.4, 0.5) is 0 Å². The van der Waals surface area contributed by atoms with Gasteiger partial charge in [-0.05, 0) is 60.1 Å². The number of nitrogens with zero attached hydrogens (tertiary/aromatic N) is 1. The van der Waals surface area contributed by atoms with Gasteiger partial charge in [-0.2, -0.15) is 0 Å². The molecule has 1 atom stereocenters. The Morgan fingerprint density at radius 2 is 2.33 bits per heavy atom. The maximum atomic E-state index is 9.45. The summed E-state index contributed by atoms with van der Waals surface area (Å²) in [5, 5.41) is 13.7. The molecule has 0 bridgehead atoms. The summed E-state index contributed by atoms with van der Waals surface area (Å²) in [6.45, 7) is 2.30. The molecular weight excluding hydrogens is 312 g/mol. The molecule has 5 heteroatoms. The van der Waals surface area contributed by atoms with Gasteiger partial charge in [0.2, 0.25) is 0 Å². The number of pyridine rings is 1. The molecule has 18 heavy (non-hydrogen) atoms. The zero-order chi connectivity index (χ0) is 13.4. The van der Waals surface area contributed by atoms with Crippen molar-refractivity contribution in [3.63, 3.8) is 0 Å². The van der Waals surface area contributed by atoms with E-state index in [0.717, 1.165) is 34.5 Å². The molecule has 0 aliphatic heterocycles. The van der Waals surface area contributed by atoms with Crippen LogP contribution in [-0.4, -0.2) is 35.0 Å². The van der Waals surface area contributed by atoms with Crippen LogP contribution in [0.3, 0.4) is 0 Å². The largest absolute Gasteiger partial charge is 0.394 e. The van der Waals surface area contributed by atoms with E-state index in [9.17, 15) is 5.11 Å². The van der Waals surface area contributed by atoms with E-state index >= 15 is 0 Å². The molecule has 0 radical (unpaired) electrons. The Balaban J connectivity index is 2.37. The number of likely N-dealkylation sites (N-methyl/N-ethyl adjacent to an activating group) is 1. The predicted molar refractivity (Wildman–Crippen MR) is 81.1 cm³/mol. The van der Waals surface area contributed by atoms with Gasteiger partial charge in [-0.15, -0.1) is 11.8 Å². The SMILES string of the molecule is CCC(CO)(CCCSc1ncccc1Br)NC. The van der Waals surface area contributed by atoms with Gasteiger partial charge in [0, 0.05) is 16.2 Å². The Bertz CT molecular complexity index is 350. The molecule has 0 aliphatic rings. The van der Waals surface area contributed by atoms with Crippen LogP contribution in [0.25, 0.3) is 0 Å². The van der Waals surface area contributed by atoms with Crippen LogP contribution in [-0.2, 0) is 0 Å². The quantitative estimate of drug-likeness (QED) is 0.567. The molecule has 1 rings (SSSR count). The third-order valence-electron chi connectivity index (χ3n) is 3.27. The molecule has 2 N–H and O–H groups in total. The first-order valence-corrected chi connectivity index (χ1v) is 7.98. The topological polar surface area (TPSA) is 45.2 Å². The molecule has 1 unspecified atom stereocenters. The zero-order valence-electron chi connectivity index (χ0n) is 10.9. The zero-order valence-corrected chi connectivity index (χ0v) is 13.4. The number of rotatable bonds is 8. The van der Waals surface area contributed by atoms with E-state index in [4.69, 9.17) is 0 Å². The van der Waals surface area contributed by atoms with Crippen molar-refractivity contribution in [1.29, 1.82) is 0 Å². The Labute approximate surface area is 122 Å². The summed E-state index contributed by atoms with van der Waals surface area (Å²) < 4.78 is 1.05. The third kappa shape index (κ3) is 4.53. The Kier molecular flexibility index (Phi) is 7.22. The molecule has 0 amide bonds. The monoisotopic (exact) mass is 332 g/mol. The van der Waals surface area contributed by atoms with Crippen LogP contribution in [0.5, 0.6) is 0 Å². The summed E-state index contributed by atoms with van der Waals surface area (Å²) in [5.74, 6) is 1.01. The molecule has 0 fully saturated rings. The lowest BCUT2D eigenvalue weighted by Gasteiger charge is -2.30. The van der Waals surface area contributed by atoms with Crippen LogP contribution in [0.15, 0.2) is 27.8 Å². The molecule has 0 saturated carbocycles. The van der Waals surface area contributed by atoms with E-state index in [1.165, 1.54) is 0 Å². The molecular formula is C13H21BrN2OS. The van der Waals surface area contributed by atoms with Crippen molar-refractivity contribution in [2.24, 2.45) is 0 Å². The highest BCUT2D eigenvalue weighted by atomic mass is 79.9. The van der Waals surface area contributed by atoms with E-state index in [-0.39, 0.29) is 12.1 Å². The maximum absolute atomic E-state index is 9.45. The van der Waals surface area contributed by atoms with Crippen molar-refractivity contribution in [3.05, 3.63) is 22.8 Å². The summed E-state index contributed by atoms with van der Waals surface area (Å²) in [7, 11) is 1.92. The number of hydrogen-bond acceptors (Lipinski definition) is 4. The maximum Gasteiger partial charge on any atom is 0.110 e. The number of nitrogens with one attached hydrogen (secondary N) is 1. The minimum atomic E-state index is -0.123. The predicted octanol–water partition coefficient (Wildman–Crippen LogP) is 3.08. The second-order valence-electron chi connectivity index (χ2n) is 4.28. The molecule has 0 saturated heterocycles. The lowest BCUT2D eigenvalue weighted by molar-refractivity contribution is 0.154. The molecule has 0 aliphatic carbocycles. The van der Waals surface area contributed by atoms with E-state index < -0.39 is 0 Å². The van der Waals surface area contributed by atoms with Gasteiger partial charge < -0.3 is 10.4 Å². The van der Waals surface area contributed by atoms with E-state index in [1.807, 2.05) is 25.4 Å². The molecule has 102 valence electrons. The van der Waals surface area contributed by atoms with Crippen LogP contribution in [0, 0.1) is 0 Å². The van der Waals surface area contributed by atoms with Crippen molar-refractivity contribution in [3.8, 4) is 0 Å². The van der Waals surface area contributed by atoms with Crippen molar-refractivity contribution >= 4 is 27.7 Å². The number of thioether (sulfide) groups is 1. The number of aromatic nitrogens is 1. The molecule has 1 aromatic heterocycles. The van der Waals surface area contributed by atoms with Crippen molar-refractivity contribution in [2.45, 2.75) is 36.8 Å². The number of aliphatic hydroxyl groups is 1. The lowest BCUT2D eigenvalue weighted by Crippen LogP contribution is -2.45. The van der Waals surface area contributed by atoms with Crippen LogP contribution in [0.2, 0.25) is 0 Å². The van der Waals surface area contributed by atoms with Gasteiger partial charge in [0.1, 0.15) is 5.03 Å². The highest BCUT2D eigenvalue weighted by molar-refractivity contribution is 9.10. The Hall–Kier alpha value is -0.100. The normalized spacial score (nSPS) is 14.4. The van der Waals surface area contributed by atoms with Crippen LogP contribution >= 0.6 is 27.7 Å². The lowest BCUT2D eigenvalue weighted by atomic mass is 9.92. The second kappa shape index (κ2) is 8.15. The van der Waals surface area contributed by atoms with Gasteiger partial charge >= 0.3 is 0 Å². The van der Waals surface area contributed by atoms with Gasteiger partial charge in [0.25, 0.3) is 0 Å². The summed E-state index contributed by atoms with van der Waals surface area (Å²) in [6.07, 6.45) is 4.79. The van der Waals surface area contributed by atoms with Gasteiger partial charge in [0.15, 0.2) is 0 Å². The van der Waals surface area contributed by atoms with E-state index in [0.29, 0.717) is 0 Å². The summed E-state index contributed by atoms with van der Waals surface area (Å²) >= 11 is 5.24. The summed E-state index contributed by atoms with van der Waals surface area (Å²) in [4.78, 5) is 4.32. The van der Waals surface area contributed by atoms with Crippen molar-refractivity contribution < 1.29 is 5.11 Å². The van der Waals surface area contributed by atoms with Crippen molar-refractivity contribution in [1.82, 2.24) is 10.3 Å². The first-order valence-electron chi connectivity index (χ1n) is 6.20. The van der Waals surface area contributed by atoms with Gasteiger partial charge in [-0.25, -0.2) is 4.98 Å². The Morgan fingerprint density at radius 1 is 1.56 bits per heavy atom. The van der Waals surface area contributed by atoms with Crippen LogP contribution in [0.1, 0.15) is 26.2 Å². The standard InChI is InChI=1S/C13H21BrN2OS/c1-3-13(10-17,15-2)7-5-9-18-12-11(14)6-4-8-16-12/h4,6,8,15,17H,3,5,7,9-10H2,1-2H3. The Morgan fingerprint density at radius 3 is 2.89 bits per heavy atom. The summed E-state index contributed by atoms with van der Waals surface area (Å²) in [5.41, 5.74) is -0.123. The minimum Gasteiger partial charge on any atom is -0.394 e. The molecule has 0 aromatic carbocycles. The van der Waals surface area contributed by atoms with Gasteiger partial charge in [0.05, 0.1) is 6.61 Å². The van der Waals surface area contributed by atoms with Gasteiger partial charge in [-0.1, -0.05) is 6.92 Å². The highest BCUT2D eigenvalue weighted by Crippen LogP contribution is 2.26. The second-order valence-corrected chi connectivity index (χ2v) is 6.22.